The van der Waals surface area contributed by atoms with Crippen molar-refractivity contribution < 1.29 is 5.11 Å². The molecule has 0 aromatic heterocycles. The highest BCUT2D eigenvalue weighted by atomic mass is 16.3. The average molecular weight is 693 g/mol. The SMILES string of the molecule is CC(Cc1ccc(Cc2ccc(Cc3ccc(Cc4ccc(CCc5cc(C(C)(C)C)cc(C(C)(C)C)c5O)cc4)cc3)cc2)cc1)CC(C)(C)C. The summed E-state index contributed by atoms with van der Waals surface area (Å²) in [5, 5.41) is 11.2. The molecule has 0 aliphatic heterocycles. The molecule has 1 heteroatoms. The predicted molar refractivity (Wildman–Crippen MR) is 224 cm³/mol. The number of phenolic OH excluding ortho intramolecular Hbond substituents is 1. The number of aryl methyl sites for hydroxylation is 2. The Morgan fingerprint density at radius 3 is 1.17 bits per heavy atom. The number of benzene rings is 5. The van der Waals surface area contributed by atoms with Crippen molar-refractivity contribution in [2.24, 2.45) is 11.3 Å². The quantitative estimate of drug-likeness (QED) is 0.138. The Hall–Kier alpha value is -4.10. The van der Waals surface area contributed by atoms with Gasteiger partial charge in [0.1, 0.15) is 5.75 Å². The molecule has 0 aliphatic carbocycles. The van der Waals surface area contributed by atoms with Gasteiger partial charge >= 0.3 is 0 Å². The molecular formula is C51H64O. The number of phenols is 1. The van der Waals surface area contributed by atoms with Gasteiger partial charge in [0, 0.05) is 0 Å². The zero-order valence-corrected chi connectivity index (χ0v) is 33.9. The van der Waals surface area contributed by atoms with Crippen molar-refractivity contribution in [3.05, 3.63) is 170 Å². The van der Waals surface area contributed by atoms with E-state index in [1.807, 2.05) is 0 Å². The Morgan fingerprint density at radius 2 is 0.827 bits per heavy atom. The van der Waals surface area contributed by atoms with Gasteiger partial charge in [-0.2, -0.15) is 0 Å². The van der Waals surface area contributed by atoms with Crippen molar-refractivity contribution >= 4 is 0 Å². The van der Waals surface area contributed by atoms with E-state index < -0.39 is 0 Å². The van der Waals surface area contributed by atoms with E-state index >= 15 is 0 Å². The fourth-order valence-electron chi connectivity index (χ4n) is 7.56. The minimum absolute atomic E-state index is 0.0345. The predicted octanol–water partition coefficient (Wildman–Crippen LogP) is 13.2. The lowest BCUT2D eigenvalue weighted by Gasteiger charge is -2.27. The Kier molecular flexibility index (Phi) is 12.2. The van der Waals surface area contributed by atoms with Gasteiger partial charge in [0.15, 0.2) is 0 Å². The van der Waals surface area contributed by atoms with Crippen LogP contribution < -0.4 is 0 Å². The van der Waals surface area contributed by atoms with Gasteiger partial charge in [-0.3, -0.25) is 0 Å². The number of hydrogen-bond donors (Lipinski definition) is 1. The first-order valence-corrected chi connectivity index (χ1v) is 19.6. The Morgan fingerprint density at radius 1 is 0.462 bits per heavy atom. The molecule has 1 nitrogen and oxygen atoms in total. The number of hydrogen-bond acceptors (Lipinski definition) is 1. The third-order valence-electron chi connectivity index (χ3n) is 10.4. The summed E-state index contributed by atoms with van der Waals surface area (Å²) in [6.45, 7) is 22.7. The van der Waals surface area contributed by atoms with Gasteiger partial charge in [0.2, 0.25) is 0 Å². The van der Waals surface area contributed by atoms with E-state index in [1.165, 1.54) is 56.5 Å². The van der Waals surface area contributed by atoms with Gasteiger partial charge in [0.25, 0.3) is 0 Å². The highest BCUT2D eigenvalue weighted by Gasteiger charge is 2.25. The fourth-order valence-corrected chi connectivity index (χ4v) is 7.56. The summed E-state index contributed by atoms with van der Waals surface area (Å²) in [5.74, 6) is 1.16. The van der Waals surface area contributed by atoms with Crippen molar-refractivity contribution in [1.29, 1.82) is 0 Å². The van der Waals surface area contributed by atoms with Crippen LogP contribution in [0.3, 0.4) is 0 Å². The van der Waals surface area contributed by atoms with Crippen LogP contribution in [0.5, 0.6) is 5.75 Å². The van der Waals surface area contributed by atoms with Gasteiger partial charge in [-0.1, -0.05) is 178 Å². The summed E-state index contributed by atoms with van der Waals surface area (Å²) < 4.78 is 0. The molecule has 5 rings (SSSR count). The second-order valence-corrected chi connectivity index (χ2v) is 18.9. The van der Waals surface area contributed by atoms with Crippen LogP contribution >= 0.6 is 0 Å². The Balaban J connectivity index is 1.11. The lowest BCUT2D eigenvalue weighted by Crippen LogP contribution is -2.17. The van der Waals surface area contributed by atoms with Crippen molar-refractivity contribution in [2.75, 3.05) is 0 Å². The van der Waals surface area contributed by atoms with Crippen molar-refractivity contribution in [2.45, 2.75) is 125 Å². The standard InChI is InChI=1S/C51H64O/c1-36(35-49(2,3)4)29-38-15-17-40(18-16-38)31-42-23-25-44(26-24-42)32-43-21-19-41(20-22-43)30-39-13-11-37(12-14-39)27-28-45-33-46(50(5,6)7)34-47(48(45)52)51(8,9)10/h11-26,33-34,36,52H,27-32,35H2,1-10H3. The van der Waals surface area contributed by atoms with Crippen LogP contribution in [0.2, 0.25) is 0 Å². The lowest BCUT2D eigenvalue weighted by molar-refractivity contribution is 0.306. The molecule has 0 radical (unpaired) electrons. The molecule has 0 saturated carbocycles. The molecular weight excluding hydrogens is 629 g/mol. The molecule has 0 bridgehead atoms. The molecule has 5 aromatic rings. The van der Waals surface area contributed by atoms with Gasteiger partial charge in [-0.25, -0.2) is 0 Å². The zero-order chi connectivity index (χ0) is 37.7. The molecule has 1 unspecified atom stereocenters. The molecule has 1 atom stereocenters. The van der Waals surface area contributed by atoms with Crippen LogP contribution in [0.4, 0.5) is 0 Å². The normalized spacial score (nSPS) is 13.0. The first-order valence-electron chi connectivity index (χ1n) is 19.6. The minimum atomic E-state index is -0.107. The van der Waals surface area contributed by atoms with Gasteiger partial charge < -0.3 is 5.11 Å². The van der Waals surface area contributed by atoms with Crippen molar-refractivity contribution in [3.8, 4) is 5.75 Å². The Labute approximate surface area is 316 Å². The Bertz CT molecular complexity index is 1870. The maximum atomic E-state index is 11.2. The van der Waals surface area contributed by atoms with Crippen LogP contribution in [-0.2, 0) is 49.4 Å². The second kappa shape index (κ2) is 16.3. The second-order valence-electron chi connectivity index (χ2n) is 18.9. The molecule has 0 aliphatic rings. The summed E-state index contributed by atoms with van der Waals surface area (Å²) in [5.41, 5.74) is 14.5. The number of aromatic hydroxyl groups is 1. The molecule has 52 heavy (non-hydrogen) atoms. The summed E-state index contributed by atoms with van der Waals surface area (Å²) in [4.78, 5) is 0. The maximum absolute atomic E-state index is 11.2. The first kappa shape index (κ1) is 39.1. The third kappa shape index (κ3) is 11.4. The van der Waals surface area contributed by atoms with Crippen LogP contribution in [-0.4, -0.2) is 5.11 Å². The van der Waals surface area contributed by atoms with Crippen molar-refractivity contribution in [1.82, 2.24) is 0 Å². The topological polar surface area (TPSA) is 20.2 Å². The van der Waals surface area contributed by atoms with Gasteiger partial charge in [-0.15, -0.1) is 0 Å². The van der Waals surface area contributed by atoms with E-state index in [9.17, 15) is 5.11 Å². The van der Waals surface area contributed by atoms with E-state index in [0.29, 0.717) is 17.1 Å². The lowest BCUT2D eigenvalue weighted by atomic mass is 9.78. The van der Waals surface area contributed by atoms with Crippen molar-refractivity contribution in [3.63, 3.8) is 0 Å². The van der Waals surface area contributed by atoms with Crippen LogP contribution in [0.15, 0.2) is 109 Å². The van der Waals surface area contributed by atoms with Crippen LogP contribution in [0, 0.1) is 11.3 Å². The molecule has 0 amide bonds. The molecule has 0 saturated heterocycles. The smallest absolute Gasteiger partial charge is 0.122 e. The maximum Gasteiger partial charge on any atom is 0.122 e. The van der Waals surface area contributed by atoms with E-state index in [0.717, 1.165) is 49.7 Å². The van der Waals surface area contributed by atoms with Gasteiger partial charge in [-0.05, 0) is 128 Å². The van der Waals surface area contributed by atoms with E-state index in [-0.39, 0.29) is 10.8 Å². The summed E-state index contributed by atoms with van der Waals surface area (Å²) in [6.07, 6.45) is 6.99. The monoisotopic (exact) mass is 692 g/mol. The first-order chi connectivity index (χ1) is 24.4. The van der Waals surface area contributed by atoms with E-state index in [1.54, 1.807) is 0 Å². The summed E-state index contributed by atoms with van der Waals surface area (Å²) in [7, 11) is 0. The minimum Gasteiger partial charge on any atom is -0.507 e. The molecule has 5 aromatic carbocycles. The van der Waals surface area contributed by atoms with Gasteiger partial charge in [0.05, 0.1) is 0 Å². The molecule has 0 heterocycles. The zero-order valence-electron chi connectivity index (χ0n) is 33.9. The fraction of sp³-hybridized carbons (Fsp3) is 0.412. The highest BCUT2D eigenvalue weighted by molar-refractivity contribution is 5.49. The molecule has 1 N–H and O–H groups in total. The number of rotatable bonds is 12. The molecule has 0 spiro atoms. The summed E-state index contributed by atoms with van der Waals surface area (Å²) in [6, 6.07) is 41.0. The van der Waals surface area contributed by atoms with Crippen LogP contribution in [0.1, 0.15) is 137 Å². The van der Waals surface area contributed by atoms with E-state index in [4.69, 9.17) is 0 Å². The largest absolute Gasteiger partial charge is 0.507 e. The van der Waals surface area contributed by atoms with Crippen LogP contribution in [0.25, 0.3) is 0 Å². The average Bonchev–Trinajstić information content (AvgIpc) is 3.06. The molecule has 274 valence electrons. The van der Waals surface area contributed by atoms with E-state index in [2.05, 4.69) is 178 Å². The molecule has 0 fully saturated rings. The highest BCUT2D eigenvalue weighted by Crippen LogP contribution is 2.38. The third-order valence-corrected chi connectivity index (χ3v) is 10.4. The summed E-state index contributed by atoms with van der Waals surface area (Å²) >= 11 is 0.